The molecule has 6 heteroatoms. The van der Waals surface area contributed by atoms with Crippen LogP contribution in [0.2, 0.25) is 10.0 Å². The molecule has 2 aromatic rings. The molecule has 0 aliphatic rings. The van der Waals surface area contributed by atoms with Crippen molar-refractivity contribution in [3.05, 3.63) is 28.0 Å². The van der Waals surface area contributed by atoms with Gasteiger partial charge < -0.3 is 10.3 Å². The topological polar surface area (TPSA) is 64.9 Å². The quantitative estimate of drug-likeness (QED) is 0.864. The number of nitrogen functional groups attached to an aromatic ring is 1. The number of hydrogen-bond donors (Lipinski definition) is 1. The molecule has 0 radical (unpaired) electrons. The van der Waals surface area contributed by atoms with Crippen molar-refractivity contribution in [1.29, 1.82) is 0 Å². The number of unbranched alkanes of at least 4 members (excludes halogenated alkanes) is 1. The smallest absolute Gasteiger partial charge is 0.258 e. The molecule has 2 rings (SSSR count). The molecule has 0 aliphatic carbocycles. The minimum Gasteiger partial charge on any atom is -0.396 e. The fraction of sp³-hybridized carbons (Fsp3) is 0.333. The maximum absolute atomic E-state index is 5.96. The fourth-order valence-electron chi connectivity index (χ4n) is 1.52. The van der Waals surface area contributed by atoms with Gasteiger partial charge in [-0.1, -0.05) is 41.7 Å². The van der Waals surface area contributed by atoms with E-state index in [9.17, 15) is 0 Å². The number of benzene rings is 1. The third-order valence-electron chi connectivity index (χ3n) is 2.55. The van der Waals surface area contributed by atoms with Gasteiger partial charge in [0.15, 0.2) is 5.82 Å². The van der Waals surface area contributed by atoms with E-state index in [4.69, 9.17) is 33.5 Å². The molecule has 2 N–H and O–H groups in total. The van der Waals surface area contributed by atoms with Crippen LogP contribution >= 0.6 is 23.2 Å². The molecule has 0 aliphatic heterocycles. The summed E-state index contributed by atoms with van der Waals surface area (Å²) >= 11 is 11.9. The molecule has 0 saturated heterocycles. The van der Waals surface area contributed by atoms with Gasteiger partial charge in [-0.15, -0.1) is 0 Å². The summed E-state index contributed by atoms with van der Waals surface area (Å²) in [5.41, 5.74) is 6.70. The minimum atomic E-state index is 0.354. The highest BCUT2D eigenvalue weighted by molar-refractivity contribution is 6.39. The average Bonchev–Trinajstić information content (AvgIpc) is 2.81. The third kappa shape index (κ3) is 2.76. The van der Waals surface area contributed by atoms with E-state index in [1.54, 1.807) is 12.1 Å². The predicted octanol–water partition coefficient (Wildman–Crippen LogP) is 3.97. The summed E-state index contributed by atoms with van der Waals surface area (Å²) in [5, 5.41) is 4.67. The number of hydrogen-bond acceptors (Lipinski definition) is 4. The standard InChI is InChI=1S/C12H13Cl2N3O/c1-2-3-4-10-16-12(18-17-10)7-5-8(13)11(15)9(14)6-7/h5-6H,2-4,15H2,1H3. The van der Waals surface area contributed by atoms with Crippen LogP contribution in [0.25, 0.3) is 11.5 Å². The van der Waals surface area contributed by atoms with Crippen molar-refractivity contribution in [3.8, 4) is 11.5 Å². The molecule has 0 bridgehead atoms. The Morgan fingerprint density at radius 3 is 2.56 bits per heavy atom. The van der Waals surface area contributed by atoms with Crippen molar-refractivity contribution < 1.29 is 4.52 Å². The van der Waals surface area contributed by atoms with Gasteiger partial charge in [0.25, 0.3) is 5.89 Å². The lowest BCUT2D eigenvalue weighted by molar-refractivity contribution is 0.421. The van der Waals surface area contributed by atoms with Gasteiger partial charge in [0, 0.05) is 12.0 Å². The predicted molar refractivity (Wildman–Crippen MR) is 72.8 cm³/mol. The molecular weight excluding hydrogens is 273 g/mol. The molecule has 18 heavy (non-hydrogen) atoms. The van der Waals surface area contributed by atoms with E-state index in [0.717, 1.165) is 19.3 Å². The van der Waals surface area contributed by atoms with Crippen LogP contribution in [0.4, 0.5) is 5.69 Å². The summed E-state index contributed by atoms with van der Waals surface area (Å²) in [6.07, 6.45) is 2.92. The highest BCUT2D eigenvalue weighted by Crippen LogP contribution is 2.32. The molecule has 0 spiro atoms. The van der Waals surface area contributed by atoms with Crippen molar-refractivity contribution in [2.75, 3.05) is 5.73 Å². The minimum absolute atomic E-state index is 0.354. The van der Waals surface area contributed by atoms with Crippen LogP contribution in [0.5, 0.6) is 0 Å². The first-order chi connectivity index (χ1) is 8.61. The third-order valence-corrected chi connectivity index (χ3v) is 3.17. The number of rotatable bonds is 4. The zero-order valence-corrected chi connectivity index (χ0v) is 11.4. The zero-order chi connectivity index (χ0) is 13.1. The Balaban J connectivity index is 2.28. The number of nitrogens with zero attached hydrogens (tertiary/aromatic N) is 2. The van der Waals surface area contributed by atoms with E-state index in [0.29, 0.717) is 33.0 Å². The first-order valence-corrected chi connectivity index (χ1v) is 6.45. The van der Waals surface area contributed by atoms with Crippen molar-refractivity contribution >= 4 is 28.9 Å². The monoisotopic (exact) mass is 285 g/mol. The van der Waals surface area contributed by atoms with Gasteiger partial charge in [0.1, 0.15) is 0 Å². The van der Waals surface area contributed by atoms with Crippen LogP contribution in [0.1, 0.15) is 25.6 Å². The highest BCUT2D eigenvalue weighted by atomic mass is 35.5. The van der Waals surface area contributed by atoms with Gasteiger partial charge in [-0.25, -0.2) is 0 Å². The van der Waals surface area contributed by atoms with E-state index in [1.165, 1.54) is 0 Å². The molecule has 96 valence electrons. The van der Waals surface area contributed by atoms with Crippen LogP contribution in [0, 0.1) is 0 Å². The lowest BCUT2D eigenvalue weighted by atomic mass is 10.2. The van der Waals surface area contributed by atoms with Crippen LogP contribution in [-0.4, -0.2) is 10.1 Å². The van der Waals surface area contributed by atoms with E-state index in [2.05, 4.69) is 17.1 Å². The van der Waals surface area contributed by atoms with Crippen molar-refractivity contribution in [3.63, 3.8) is 0 Å². The summed E-state index contributed by atoms with van der Waals surface area (Å²) in [4.78, 5) is 4.29. The summed E-state index contributed by atoms with van der Waals surface area (Å²) in [6.45, 7) is 2.11. The lowest BCUT2D eigenvalue weighted by Crippen LogP contribution is -1.90. The van der Waals surface area contributed by atoms with E-state index in [-0.39, 0.29) is 0 Å². The normalized spacial score (nSPS) is 10.8. The Morgan fingerprint density at radius 2 is 1.94 bits per heavy atom. The largest absolute Gasteiger partial charge is 0.396 e. The number of aromatic nitrogens is 2. The molecule has 4 nitrogen and oxygen atoms in total. The summed E-state index contributed by atoms with van der Waals surface area (Å²) in [7, 11) is 0. The molecule has 0 saturated carbocycles. The Morgan fingerprint density at radius 1 is 1.28 bits per heavy atom. The van der Waals surface area contributed by atoms with Gasteiger partial charge in [-0.2, -0.15) is 4.98 Å². The first kappa shape index (κ1) is 13.2. The summed E-state index contributed by atoms with van der Waals surface area (Å²) in [6, 6.07) is 3.33. The van der Waals surface area contributed by atoms with E-state index >= 15 is 0 Å². The van der Waals surface area contributed by atoms with Gasteiger partial charge >= 0.3 is 0 Å². The van der Waals surface area contributed by atoms with Gasteiger partial charge in [-0.3, -0.25) is 0 Å². The summed E-state index contributed by atoms with van der Waals surface area (Å²) < 4.78 is 5.18. The summed E-state index contributed by atoms with van der Waals surface area (Å²) in [5.74, 6) is 1.10. The Labute approximate surface area is 115 Å². The first-order valence-electron chi connectivity index (χ1n) is 5.69. The molecule has 0 atom stereocenters. The van der Waals surface area contributed by atoms with Gasteiger partial charge in [0.05, 0.1) is 15.7 Å². The highest BCUT2D eigenvalue weighted by Gasteiger charge is 2.12. The molecule has 1 heterocycles. The number of anilines is 1. The molecule has 0 fully saturated rings. The average molecular weight is 286 g/mol. The van der Waals surface area contributed by atoms with Gasteiger partial charge in [0.2, 0.25) is 0 Å². The zero-order valence-electron chi connectivity index (χ0n) is 9.91. The molecular formula is C12H13Cl2N3O. The molecule has 0 unspecified atom stereocenters. The maximum Gasteiger partial charge on any atom is 0.258 e. The Kier molecular flexibility index (Phi) is 4.09. The molecule has 1 aromatic carbocycles. The van der Waals surface area contributed by atoms with Crippen molar-refractivity contribution in [2.45, 2.75) is 26.2 Å². The Hall–Kier alpha value is -1.26. The van der Waals surface area contributed by atoms with E-state index in [1.807, 2.05) is 0 Å². The van der Waals surface area contributed by atoms with Crippen LogP contribution in [0.15, 0.2) is 16.7 Å². The molecule has 0 amide bonds. The van der Waals surface area contributed by atoms with E-state index < -0.39 is 0 Å². The fourth-order valence-corrected chi connectivity index (χ4v) is 2.00. The number of aryl methyl sites for hydroxylation is 1. The van der Waals surface area contributed by atoms with Gasteiger partial charge in [-0.05, 0) is 18.6 Å². The SMILES string of the molecule is CCCCc1noc(-c2cc(Cl)c(N)c(Cl)c2)n1. The van der Waals surface area contributed by atoms with Crippen LogP contribution in [-0.2, 0) is 6.42 Å². The van der Waals surface area contributed by atoms with Crippen molar-refractivity contribution in [2.24, 2.45) is 0 Å². The van der Waals surface area contributed by atoms with Crippen LogP contribution in [0.3, 0.4) is 0 Å². The lowest BCUT2D eigenvalue weighted by Gasteiger charge is -2.02. The maximum atomic E-state index is 5.96. The van der Waals surface area contributed by atoms with Crippen LogP contribution < -0.4 is 5.73 Å². The second-order valence-electron chi connectivity index (χ2n) is 3.97. The second-order valence-corrected chi connectivity index (χ2v) is 4.79. The van der Waals surface area contributed by atoms with Crippen molar-refractivity contribution in [1.82, 2.24) is 10.1 Å². The number of halogens is 2. The second kappa shape index (κ2) is 5.59. The Bertz CT molecular complexity index is 531. The number of nitrogens with two attached hydrogens (primary N) is 1. The molecule has 1 aromatic heterocycles.